The van der Waals surface area contributed by atoms with E-state index in [1.807, 2.05) is 38.1 Å². The third-order valence-corrected chi connectivity index (χ3v) is 3.18. The molecule has 0 amide bonds. The summed E-state index contributed by atoms with van der Waals surface area (Å²) in [4.78, 5) is 4.14. The Bertz CT molecular complexity index is 534. The van der Waals surface area contributed by atoms with Gasteiger partial charge in [-0.15, -0.1) is 0 Å². The first kappa shape index (κ1) is 11.8. The molecular weight excluding hydrogens is 210 g/mol. The fourth-order valence-electron chi connectivity index (χ4n) is 1.99. The van der Waals surface area contributed by atoms with E-state index in [0.717, 1.165) is 22.4 Å². The van der Waals surface area contributed by atoms with E-state index in [9.17, 15) is 5.11 Å². The van der Waals surface area contributed by atoms with Gasteiger partial charge in [-0.1, -0.05) is 18.2 Å². The fraction of sp³-hybridized carbons (Fsp3) is 0.267. The summed E-state index contributed by atoms with van der Waals surface area (Å²) in [5, 5.41) is 10.4. The molecule has 2 nitrogen and oxygen atoms in total. The molecule has 2 heteroatoms. The summed E-state index contributed by atoms with van der Waals surface area (Å²) >= 11 is 0. The molecule has 0 radical (unpaired) electrons. The Morgan fingerprint density at radius 3 is 2.59 bits per heavy atom. The van der Waals surface area contributed by atoms with Crippen molar-refractivity contribution < 1.29 is 5.11 Å². The molecule has 0 aliphatic rings. The second kappa shape index (κ2) is 4.68. The highest BCUT2D eigenvalue weighted by Crippen LogP contribution is 2.26. The van der Waals surface area contributed by atoms with Gasteiger partial charge in [-0.05, 0) is 55.2 Å². The average Bonchev–Trinajstić information content (AvgIpc) is 2.32. The summed E-state index contributed by atoms with van der Waals surface area (Å²) < 4.78 is 0. The maximum Gasteiger partial charge on any atom is 0.104 e. The average molecular weight is 227 g/mol. The summed E-state index contributed by atoms with van der Waals surface area (Å²) in [6.45, 7) is 6.03. The van der Waals surface area contributed by atoms with E-state index < -0.39 is 6.10 Å². The Hall–Kier alpha value is -1.67. The van der Waals surface area contributed by atoms with E-state index in [2.05, 4.69) is 18.0 Å². The summed E-state index contributed by atoms with van der Waals surface area (Å²) in [6, 6.07) is 9.80. The lowest BCUT2D eigenvalue weighted by Crippen LogP contribution is -2.03. The molecule has 0 saturated carbocycles. The van der Waals surface area contributed by atoms with Gasteiger partial charge >= 0.3 is 0 Å². The molecule has 1 aromatic heterocycles. The Morgan fingerprint density at radius 2 is 1.88 bits per heavy atom. The molecule has 2 aromatic rings. The zero-order valence-electron chi connectivity index (χ0n) is 10.4. The van der Waals surface area contributed by atoms with Crippen molar-refractivity contribution >= 4 is 0 Å². The third kappa shape index (κ3) is 2.37. The van der Waals surface area contributed by atoms with Crippen molar-refractivity contribution in [1.29, 1.82) is 0 Å². The molecule has 1 N–H and O–H groups in total. The van der Waals surface area contributed by atoms with Crippen LogP contribution in [0.5, 0.6) is 0 Å². The predicted molar refractivity (Wildman–Crippen MR) is 69.0 cm³/mol. The molecule has 1 atom stereocenters. The zero-order valence-corrected chi connectivity index (χ0v) is 10.4. The van der Waals surface area contributed by atoms with Gasteiger partial charge in [0.15, 0.2) is 0 Å². The topological polar surface area (TPSA) is 33.1 Å². The van der Waals surface area contributed by atoms with Crippen LogP contribution in [0.1, 0.15) is 34.1 Å². The van der Waals surface area contributed by atoms with Crippen molar-refractivity contribution in [2.24, 2.45) is 0 Å². The molecule has 1 unspecified atom stereocenters. The van der Waals surface area contributed by atoms with Gasteiger partial charge in [0.1, 0.15) is 6.10 Å². The van der Waals surface area contributed by atoms with Crippen LogP contribution in [0.4, 0.5) is 0 Å². The van der Waals surface area contributed by atoms with Crippen molar-refractivity contribution in [3.8, 4) is 0 Å². The Kier molecular flexibility index (Phi) is 3.25. The lowest BCUT2D eigenvalue weighted by Gasteiger charge is -2.15. The van der Waals surface area contributed by atoms with Crippen LogP contribution < -0.4 is 0 Å². The van der Waals surface area contributed by atoms with Crippen LogP contribution in [-0.4, -0.2) is 10.1 Å². The highest BCUT2D eigenvalue weighted by molar-refractivity contribution is 5.39. The number of hydrogen-bond donors (Lipinski definition) is 1. The van der Waals surface area contributed by atoms with Crippen molar-refractivity contribution in [3.05, 3.63) is 64.5 Å². The van der Waals surface area contributed by atoms with Crippen molar-refractivity contribution in [2.75, 3.05) is 0 Å². The minimum atomic E-state index is -0.573. The van der Waals surface area contributed by atoms with E-state index in [-0.39, 0.29) is 0 Å². The molecule has 88 valence electrons. The largest absolute Gasteiger partial charge is 0.384 e. The van der Waals surface area contributed by atoms with Crippen LogP contribution in [-0.2, 0) is 0 Å². The second-order valence-corrected chi connectivity index (χ2v) is 4.42. The van der Waals surface area contributed by atoms with Gasteiger partial charge in [0.2, 0.25) is 0 Å². The number of benzene rings is 1. The zero-order chi connectivity index (χ0) is 12.4. The van der Waals surface area contributed by atoms with Crippen molar-refractivity contribution in [1.82, 2.24) is 4.98 Å². The minimum absolute atomic E-state index is 0.573. The molecule has 0 spiro atoms. The molecule has 1 aromatic carbocycles. The molecule has 0 aliphatic carbocycles. The summed E-state index contributed by atoms with van der Waals surface area (Å²) in [5.74, 6) is 0. The number of aromatic nitrogens is 1. The van der Waals surface area contributed by atoms with E-state index in [1.54, 1.807) is 6.20 Å². The van der Waals surface area contributed by atoms with E-state index in [4.69, 9.17) is 0 Å². The maximum atomic E-state index is 10.4. The first-order valence-electron chi connectivity index (χ1n) is 5.76. The van der Waals surface area contributed by atoms with E-state index in [1.165, 1.54) is 5.56 Å². The van der Waals surface area contributed by atoms with Gasteiger partial charge in [0.25, 0.3) is 0 Å². The first-order valence-corrected chi connectivity index (χ1v) is 5.76. The SMILES string of the molecule is Cc1cc(C(O)c2cccc(C)c2C)ccn1. The monoisotopic (exact) mass is 227 g/mol. The Balaban J connectivity index is 2.44. The number of aliphatic hydroxyl groups is 1. The quantitative estimate of drug-likeness (QED) is 0.855. The van der Waals surface area contributed by atoms with Crippen molar-refractivity contribution in [2.45, 2.75) is 26.9 Å². The van der Waals surface area contributed by atoms with Crippen LogP contribution in [0.3, 0.4) is 0 Å². The second-order valence-electron chi connectivity index (χ2n) is 4.42. The molecule has 0 saturated heterocycles. The third-order valence-electron chi connectivity index (χ3n) is 3.18. The van der Waals surface area contributed by atoms with E-state index >= 15 is 0 Å². The number of nitrogens with zero attached hydrogens (tertiary/aromatic N) is 1. The van der Waals surface area contributed by atoms with Gasteiger partial charge in [0.05, 0.1) is 0 Å². The van der Waals surface area contributed by atoms with E-state index in [0.29, 0.717) is 0 Å². The maximum absolute atomic E-state index is 10.4. The van der Waals surface area contributed by atoms with Gasteiger partial charge < -0.3 is 5.11 Å². The number of hydrogen-bond acceptors (Lipinski definition) is 2. The molecule has 0 aliphatic heterocycles. The molecular formula is C15H17NO. The molecule has 2 rings (SSSR count). The lowest BCUT2D eigenvalue weighted by molar-refractivity contribution is 0.219. The first-order chi connectivity index (χ1) is 8.09. The summed E-state index contributed by atoms with van der Waals surface area (Å²) in [7, 11) is 0. The standard InChI is InChI=1S/C15H17NO/c1-10-5-4-6-14(12(10)3)15(17)13-7-8-16-11(2)9-13/h4-9,15,17H,1-3H3. The lowest BCUT2D eigenvalue weighted by atomic mass is 9.95. The van der Waals surface area contributed by atoms with Crippen LogP contribution in [0.2, 0.25) is 0 Å². The summed E-state index contributed by atoms with van der Waals surface area (Å²) in [6.07, 6.45) is 1.16. The number of rotatable bonds is 2. The van der Waals surface area contributed by atoms with Gasteiger partial charge in [0, 0.05) is 11.9 Å². The van der Waals surface area contributed by atoms with Gasteiger partial charge in [-0.2, -0.15) is 0 Å². The molecule has 1 heterocycles. The normalized spacial score (nSPS) is 12.5. The van der Waals surface area contributed by atoms with Crippen LogP contribution >= 0.6 is 0 Å². The Morgan fingerprint density at radius 1 is 1.12 bits per heavy atom. The van der Waals surface area contributed by atoms with Gasteiger partial charge in [-0.3, -0.25) is 4.98 Å². The molecule has 17 heavy (non-hydrogen) atoms. The smallest absolute Gasteiger partial charge is 0.104 e. The van der Waals surface area contributed by atoms with Crippen LogP contribution in [0.15, 0.2) is 36.5 Å². The fourth-order valence-corrected chi connectivity index (χ4v) is 1.99. The van der Waals surface area contributed by atoms with Crippen molar-refractivity contribution in [3.63, 3.8) is 0 Å². The molecule has 0 bridgehead atoms. The minimum Gasteiger partial charge on any atom is -0.384 e. The number of aliphatic hydroxyl groups excluding tert-OH is 1. The number of pyridine rings is 1. The van der Waals surface area contributed by atoms with Crippen LogP contribution in [0.25, 0.3) is 0 Å². The Labute approximate surface area is 102 Å². The van der Waals surface area contributed by atoms with Crippen LogP contribution in [0, 0.1) is 20.8 Å². The number of aryl methyl sites for hydroxylation is 2. The molecule has 0 fully saturated rings. The summed E-state index contributed by atoms with van der Waals surface area (Å²) in [5.41, 5.74) is 5.13. The highest BCUT2D eigenvalue weighted by Gasteiger charge is 2.13. The van der Waals surface area contributed by atoms with Gasteiger partial charge in [-0.25, -0.2) is 0 Å². The predicted octanol–water partition coefficient (Wildman–Crippen LogP) is 3.09. The highest BCUT2D eigenvalue weighted by atomic mass is 16.3.